The molecular weight excluding hydrogens is 148 g/mol. The molecule has 0 fully saturated rings. The minimum Gasteiger partial charge on any atom is -0.386 e. The van der Waals surface area contributed by atoms with Gasteiger partial charge >= 0.3 is 0 Å². The molecule has 0 bridgehead atoms. The van der Waals surface area contributed by atoms with Crippen molar-refractivity contribution in [3.05, 3.63) is 19.1 Å². The first-order valence-corrected chi connectivity index (χ1v) is 4.88. The van der Waals surface area contributed by atoms with Gasteiger partial charge in [0.05, 0.1) is 5.60 Å². The maximum absolute atomic E-state index is 10.0. The van der Waals surface area contributed by atoms with Gasteiger partial charge in [0.2, 0.25) is 0 Å². The van der Waals surface area contributed by atoms with Crippen molar-refractivity contribution in [3.63, 3.8) is 0 Å². The Bertz CT molecular complexity index is 121. The largest absolute Gasteiger partial charge is 0.386 e. The maximum Gasteiger partial charge on any atom is 0.0827 e. The zero-order valence-electron chi connectivity index (χ0n) is 8.34. The molecule has 1 nitrogen and oxygen atoms in total. The van der Waals surface area contributed by atoms with Gasteiger partial charge in [-0.2, -0.15) is 0 Å². The van der Waals surface area contributed by atoms with Crippen LogP contribution in [0.15, 0.2) is 12.2 Å². The lowest BCUT2D eigenvalue weighted by Crippen LogP contribution is -2.24. The zero-order chi connectivity index (χ0) is 9.45. The van der Waals surface area contributed by atoms with Crippen LogP contribution in [0, 0.1) is 6.92 Å². The molecule has 0 aliphatic rings. The van der Waals surface area contributed by atoms with Gasteiger partial charge in [0.1, 0.15) is 0 Å². The highest BCUT2D eigenvalue weighted by Gasteiger charge is 2.20. The number of rotatable bonds is 6. The van der Waals surface area contributed by atoms with E-state index in [9.17, 15) is 5.11 Å². The smallest absolute Gasteiger partial charge is 0.0827 e. The van der Waals surface area contributed by atoms with Crippen molar-refractivity contribution in [2.24, 2.45) is 0 Å². The van der Waals surface area contributed by atoms with Gasteiger partial charge in [-0.15, -0.1) is 0 Å². The molecule has 1 radical (unpaired) electrons. The molecule has 0 atom stereocenters. The highest BCUT2D eigenvalue weighted by molar-refractivity contribution is 5.00. The van der Waals surface area contributed by atoms with Crippen LogP contribution in [0.5, 0.6) is 0 Å². The first-order chi connectivity index (χ1) is 5.68. The van der Waals surface area contributed by atoms with Crippen LogP contribution >= 0.6 is 0 Å². The van der Waals surface area contributed by atoms with Crippen molar-refractivity contribution < 1.29 is 5.11 Å². The average molecular weight is 169 g/mol. The summed E-state index contributed by atoms with van der Waals surface area (Å²) in [6.45, 7) is 7.90. The molecule has 0 aromatic rings. The Balaban J connectivity index is 4.06. The summed E-state index contributed by atoms with van der Waals surface area (Å²) in [4.78, 5) is 0. The van der Waals surface area contributed by atoms with Crippen LogP contribution in [0.3, 0.4) is 0 Å². The van der Waals surface area contributed by atoms with E-state index in [4.69, 9.17) is 0 Å². The van der Waals surface area contributed by atoms with Gasteiger partial charge < -0.3 is 5.11 Å². The van der Waals surface area contributed by atoms with E-state index in [-0.39, 0.29) is 0 Å². The maximum atomic E-state index is 10.0. The lowest BCUT2D eigenvalue weighted by molar-refractivity contribution is 0.0704. The van der Waals surface area contributed by atoms with Gasteiger partial charge in [-0.05, 0) is 26.2 Å². The zero-order valence-corrected chi connectivity index (χ0v) is 8.34. The molecule has 1 heteroatoms. The Kier molecular flexibility index (Phi) is 6.09. The highest BCUT2D eigenvalue weighted by atomic mass is 16.3. The number of hydrogen-bond acceptors (Lipinski definition) is 1. The molecule has 0 saturated carbocycles. The third-order valence-corrected chi connectivity index (χ3v) is 1.96. The molecule has 0 amide bonds. The molecule has 0 heterocycles. The Morgan fingerprint density at radius 2 is 1.75 bits per heavy atom. The van der Waals surface area contributed by atoms with Gasteiger partial charge in [-0.3, -0.25) is 0 Å². The molecule has 12 heavy (non-hydrogen) atoms. The van der Waals surface area contributed by atoms with E-state index < -0.39 is 5.60 Å². The molecule has 0 aromatic carbocycles. The van der Waals surface area contributed by atoms with Crippen molar-refractivity contribution in [1.82, 2.24) is 0 Å². The molecule has 0 unspecified atom stereocenters. The van der Waals surface area contributed by atoms with Gasteiger partial charge in [0.15, 0.2) is 0 Å². The summed E-state index contributed by atoms with van der Waals surface area (Å²) < 4.78 is 0. The van der Waals surface area contributed by atoms with Crippen molar-refractivity contribution in [2.75, 3.05) is 0 Å². The molecule has 0 aromatic heterocycles. The van der Waals surface area contributed by atoms with E-state index >= 15 is 0 Å². The standard InChI is InChI=1S/C11H21O/c1-4-7-10-11(12,8-5-2)9-6-3/h7,10,12H,1,4-6,8-9H2,2-3H3/b10-7+. The van der Waals surface area contributed by atoms with E-state index in [1.807, 2.05) is 12.2 Å². The van der Waals surface area contributed by atoms with E-state index in [0.717, 1.165) is 32.1 Å². The average Bonchev–Trinajstić information content (AvgIpc) is 2.02. The van der Waals surface area contributed by atoms with Gasteiger partial charge in [-0.25, -0.2) is 0 Å². The fourth-order valence-corrected chi connectivity index (χ4v) is 1.46. The van der Waals surface area contributed by atoms with E-state index in [0.29, 0.717) is 0 Å². The Hall–Kier alpha value is -0.300. The van der Waals surface area contributed by atoms with E-state index in [1.165, 1.54) is 0 Å². The second-order valence-electron chi connectivity index (χ2n) is 3.29. The van der Waals surface area contributed by atoms with Crippen LogP contribution in [0.25, 0.3) is 0 Å². The monoisotopic (exact) mass is 169 g/mol. The predicted molar refractivity (Wildman–Crippen MR) is 53.9 cm³/mol. The lowest BCUT2D eigenvalue weighted by atomic mass is 9.92. The normalized spacial score (nSPS) is 12.7. The molecule has 0 aliphatic carbocycles. The molecule has 71 valence electrons. The molecule has 0 rings (SSSR count). The van der Waals surface area contributed by atoms with Crippen molar-refractivity contribution in [1.29, 1.82) is 0 Å². The van der Waals surface area contributed by atoms with E-state index in [1.54, 1.807) is 0 Å². The second-order valence-corrected chi connectivity index (χ2v) is 3.29. The Morgan fingerprint density at radius 1 is 1.25 bits per heavy atom. The summed E-state index contributed by atoms with van der Waals surface area (Å²) in [5, 5.41) is 10.0. The molecule has 0 aliphatic heterocycles. The van der Waals surface area contributed by atoms with E-state index in [2.05, 4.69) is 20.8 Å². The minimum atomic E-state index is -0.568. The Morgan fingerprint density at radius 3 is 2.08 bits per heavy atom. The number of allylic oxidation sites excluding steroid dienone is 1. The summed E-state index contributed by atoms with van der Waals surface area (Å²) in [5.74, 6) is 0. The van der Waals surface area contributed by atoms with Crippen LogP contribution < -0.4 is 0 Å². The Labute approximate surface area is 76.5 Å². The summed E-state index contributed by atoms with van der Waals surface area (Å²) >= 11 is 0. The minimum absolute atomic E-state index is 0.568. The van der Waals surface area contributed by atoms with Crippen LogP contribution in [-0.4, -0.2) is 10.7 Å². The molecular formula is C11H21O. The van der Waals surface area contributed by atoms with Crippen molar-refractivity contribution >= 4 is 0 Å². The number of hydrogen-bond donors (Lipinski definition) is 1. The lowest BCUT2D eigenvalue weighted by Gasteiger charge is -2.23. The van der Waals surface area contributed by atoms with Crippen LogP contribution in [0.4, 0.5) is 0 Å². The molecule has 1 N–H and O–H groups in total. The van der Waals surface area contributed by atoms with Crippen molar-refractivity contribution in [2.45, 2.75) is 51.6 Å². The first kappa shape index (κ1) is 11.7. The van der Waals surface area contributed by atoms with Crippen LogP contribution in [0.1, 0.15) is 46.0 Å². The summed E-state index contributed by atoms with van der Waals surface area (Å²) in [7, 11) is 0. The summed E-state index contributed by atoms with van der Waals surface area (Å²) in [5.41, 5.74) is -0.568. The number of aliphatic hydroxyl groups is 1. The first-order valence-electron chi connectivity index (χ1n) is 4.88. The topological polar surface area (TPSA) is 20.2 Å². The third kappa shape index (κ3) is 4.55. The van der Waals surface area contributed by atoms with Crippen molar-refractivity contribution in [3.8, 4) is 0 Å². The van der Waals surface area contributed by atoms with Gasteiger partial charge in [0.25, 0.3) is 0 Å². The quantitative estimate of drug-likeness (QED) is 0.606. The van der Waals surface area contributed by atoms with Gasteiger partial charge in [0, 0.05) is 0 Å². The molecule has 0 spiro atoms. The predicted octanol–water partition coefficient (Wildman–Crippen LogP) is 3.10. The third-order valence-electron chi connectivity index (χ3n) is 1.96. The molecule has 0 saturated heterocycles. The second kappa shape index (κ2) is 6.24. The summed E-state index contributed by atoms with van der Waals surface area (Å²) in [6, 6.07) is 0. The van der Waals surface area contributed by atoms with Crippen LogP contribution in [0.2, 0.25) is 0 Å². The SMILES string of the molecule is [CH2]C/C=C/C(O)(CCC)CCC. The fraction of sp³-hybridized carbons (Fsp3) is 0.727. The fourth-order valence-electron chi connectivity index (χ4n) is 1.46. The summed E-state index contributed by atoms with van der Waals surface area (Å²) in [6.07, 6.45) is 8.39. The highest BCUT2D eigenvalue weighted by Crippen LogP contribution is 2.21. The van der Waals surface area contributed by atoms with Crippen LogP contribution in [-0.2, 0) is 0 Å². The van der Waals surface area contributed by atoms with Gasteiger partial charge in [-0.1, -0.05) is 38.8 Å².